The second-order valence-electron chi connectivity index (χ2n) is 4.06. The highest BCUT2D eigenvalue weighted by molar-refractivity contribution is 6.32. The van der Waals surface area contributed by atoms with Gasteiger partial charge in [-0.15, -0.1) is 0 Å². The first-order valence-corrected chi connectivity index (χ1v) is 6.21. The van der Waals surface area contributed by atoms with E-state index in [1.807, 2.05) is 26.0 Å². The van der Waals surface area contributed by atoms with E-state index >= 15 is 0 Å². The van der Waals surface area contributed by atoms with Crippen molar-refractivity contribution in [2.45, 2.75) is 32.7 Å². The van der Waals surface area contributed by atoms with Gasteiger partial charge in [0.15, 0.2) is 11.5 Å². The molecular formula is C13H20ClNO2. The monoisotopic (exact) mass is 257 g/mol. The van der Waals surface area contributed by atoms with Gasteiger partial charge in [-0.2, -0.15) is 0 Å². The van der Waals surface area contributed by atoms with E-state index in [1.54, 1.807) is 7.11 Å². The number of methoxy groups -OCH3 is 1. The van der Waals surface area contributed by atoms with Gasteiger partial charge < -0.3 is 15.2 Å². The topological polar surface area (TPSA) is 44.5 Å². The molecule has 0 aliphatic heterocycles. The number of ether oxygens (including phenoxy) is 2. The molecule has 96 valence electrons. The van der Waals surface area contributed by atoms with Crippen molar-refractivity contribution in [3.05, 3.63) is 22.7 Å². The largest absolute Gasteiger partial charge is 0.493 e. The first kappa shape index (κ1) is 14.1. The van der Waals surface area contributed by atoms with Crippen molar-refractivity contribution in [1.29, 1.82) is 0 Å². The summed E-state index contributed by atoms with van der Waals surface area (Å²) in [7, 11) is 1.61. The van der Waals surface area contributed by atoms with Crippen LogP contribution in [0.4, 0.5) is 0 Å². The van der Waals surface area contributed by atoms with E-state index in [9.17, 15) is 0 Å². The Morgan fingerprint density at radius 1 is 1.41 bits per heavy atom. The fourth-order valence-corrected chi connectivity index (χ4v) is 1.88. The number of hydrogen-bond donors (Lipinski definition) is 1. The molecule has 3 nitrogen and oxygen atoms in total. The van der Waals surface area contributed by atoms with Crippen LogP contribution in [0.2, 0.25) is 5.02 Å². The molecule has 0 heterocycles. The Labute approximate surface area is 108 Å². The van der Waals surface area contributed by atoms with Crippen LogP contribution in [0.3, 0.4) is 0 Å². The minimum absolute atomic E-state index is 0.186. The van der Waals surface area contributed by atoms with Crippen LogP contribution in [0, 0.1) is 0 Å². The molecule has 0 radical (unpaired) electrons. The fraction of sp³-hybridized carbons (Fsp3) is 0.538. The molecule has 1 rings (SSSR count). The third kappa shape index (κ3) is 4.10. The zero-order valence-corrected chi connectivity index (χ0v) is 11.4. The lowest BCUT2D eigenvalue weighted by Gasteiger charge is -2.13. The normalized spacial score (nSPS) is 12.3. The van der Waals surface area contributed by atoms with E-state index in [4.69, 9.17) is 26.8 Å². The number of halogens is 1. The molecule has 2 N–H and O–H groups in total. The summed E-state index contributed by atoms with van der Waals surface area (Å²) in [5, 5.41) is 0.589. The Kier molecular flexibility index (Phi) is 5.59. The van der Waals surface area contributed by atoms with Crippen molar-refractivity contribution >= 4 is 11.6 Å². The summed E-state index contributed by atoms with van der Waals surface area (Å²) < 4.78 is 10.7. The van der Waals surface area contributed by atoms with Gasteiger partial charge in [0.25, 0.3) is 0 Å². The average Bonchev–Trinajstić information content (AvgIpc) is 2.29. The van der Waals surface area contributed by atoms with Crippen molar-refractivity contribution < 1.29 is 9.47 Å². The molecule has 17 heavy (non-hydrogen) atoms. The van der Waals surface area contributed by atoms with Crippen molar-refractivity contribution in [1.82, 2.24) is 0 Å². The van der Waals surface area contributed by atoms with Crippen LogP contribution in [0.15, 0.2) is 12.1 Å². The molecule has 0 bridgehead atoms. The minimum Gasteiger partial charge on any atom is -0.493 e. The van der Waals surface area contributed by atoms with Crippen LogP contribution < -0.4 is 15.2 Å². The van der Waals surface area contributed by atoms with E-state index in [0.29, 0.717) is 23.1 Å². The first-order valence-electron chi connectivity index (χ1n) is 5.83. The molecule has 0 saturated carbocycles. The van der Waals surface area contributed by atoms with E-state index in [0.717, 1.165) is 18.4 Å². The van der Waals surface area contributed by atoms with Crippen LogP contribution in [0.5, 0.6) is 11.5 Å². The number of rotatable bonds is 6. The molecule has 1 aromatic rings. The molecule has 0 aliphatic carbocycles. The van der Waals surface area contributed by atoms with Crippen LogP contribution in [0.25, 0.3) is 0 Å². The lowest BCUT2D eigenvalue weighted by atomic mass is 10.1. The van der Waals surface area contributed by atoms with Crippen LogP contribution in [0.1, 0.15) is 25.8 Å². The summed E-state index contributed by atoms with van der Waals surface area (Å²) >= 11 is 6.17. The van der Waals surface area contributed by atoms with E-state index in [2.05, 4.69) is 0 Å². The minimum atomic E-state index is 0.186. The van der Waals surface area contributed by atoms with Gasteiger partial charge in [-0.05, 0) is 44.4 Å². The van der Waals surface area contributed by atoms with Gasteiger partial charge in [0.1, 0.15) is 0 Å². The Bertz CT molecular complexity index is 367. The zero-order valence-electron chi connectivity index (χ0n) is 10.6. The molecule has 0 aliphatic rings. The maximum atomic E-state index is 6.17. The van der Waals surface area contributed by atoms with Gasteiger partial charge in [-0.1, -0.05) is 11.6 Å². The molecule has 1 unspecified atom stereocenters. The third-order valence-electron chi connectivity index (χ3n) is 2.47. The SMILES string of the molecule is CCOc1c(Cl)cc(CCC(C)N)cc1OC. The van der Waals surface area contributed by atoms with Gasteiger partial charge in [0.05, 0.1) is 18.7 Å². The van der Waals surface area contributed by atoms with Crippen molar-refractivity contribution in [2.24, 2.45) is 5.73 Å². The Balaban J connectivity index is 2.92. The van der Waals surface area contributed by atoms with Gasteiger partial charge in [0.2, 0.25) is 0 Å². The standard InChI is InChI=1S/C13H20ClNO2/c1-4-17-13-11(14)7-10(6-5-9(2)15)8-12(13)16-3/h7-9H,4-6,15H2,1-3H3. The summed E-state index contributed by atoms with van der Waals surface area (Å²) in [6.45, 7) is 4.47. The predicted octanol–water partition coefficient (Wildman–Crippen LogP) is 3.03. The van der Waals surface area contributed by atoms with Crippen LogP contribution in [-0.2, 0) is 6.42 Å². The van der Waals surface area contributed by atoms with Gasteiger partial charge in [-0.3, -0.25) is 0 Å². The Hall–Kier alpha value is -0.930. The number of aryl methyl sites for hydroxylation is 1. The molecule has 0 aromatic heterocycles. The number of hydrogen-bond acceptors (Lipinski definition) is 3. The molecule has 1 aromatic carbocycles. The highest BCUT2D eigenvalue weighted by Gasteiger charge is 2.11. The summed E-state index contributed by atoms with van der Waals surface area (Å²) in [6.07, 6.45) is 1.81. The van der Waals surface area contributed by atoms with Crippen LogP contribution in [-0.4, -0.2) is 19.8 Å². The maximum Gasteiger partial charge on any atom is 0.179 e. The quantitative estimate of drug-likeness (QED) is 0.852. The summed E-state index contributed by atoms with van der Waals surface area (Å²) in [4.78, 5) is 0. The molecular weight excluding hydrogens is 238 g/mol. The van der Waals surface area contributed by atoms with Crippen molar-refractivity contribution in [2.75, 3.05) is 13.7 Å². The zero-order chi connectivity index (χ0) is 12.8. The third-order valence-corrected chi connectivity index (χ3v) is 2.75. The van der Waals surface area contributed by atoms with E-state index in [-0.39, 0.29) is 6.04 Å². The molecule has 1 atom stereocenters. The molecule has 0 saturated heterocycles. The average molecular weight is 258 g/mol. The molecule has 0 fully saturated rings. The highest BCUT2D eigenvalue weighted by Crippen LogP contribution is 2.36. The molecule has 0 amide bonds. The predicted molar refractivity (Wildman–Crippen MR) is 71.1 cm³/mol. The Morgan fingerprint density at radius 2 is 2.12 bits per heavy atom. The second-order valence-corrected chi connectivity index (χ2v) is 4.47. The Morgan fingerprint density at radius 3 is 2.65 bits per heavy atom. The first-order chi connectivity index (χ1) is 8.08. The highest BCUT2D eigenvalue weighted by atomic mass is 35.5. The molecule has 4 heteroatoms. The number of benzene rings is 1. The summed E-state index contributed by atoms with van der Waals surface area (Å²) in [5.41, 5.74) is 6.86. The number of nitrogens with two attached hydrogens (primary N) is 1. The lowest BCUT2D eigenvalue weighted by Crippen LogP contribution is -2.15. The van der Waals surface area contributed by atoms with Gasteiger partial charge >= 0.3 is 0 Å². The lowest BCUT2D eigenvalue weighted by molar-refractivity contribution is 0.311. The van der Waals surface area contributed by atoms with E-state index < -0.39 is 0 Å². The van der Waals surface area contributed by atoms with Crippen molar-refractivity contribution in [3.63, 3.8) is 0 Å². The summed E-state index contributed by atoms with van der Waals surface area (Å²) in [6, 6.07) is 4.06. The summed E-state index contributed by atoms with van der Waals surface area (Å²) in [5.74, 6) is 1.29. The van der Waals surface area contributed by atoms with Crippen LogP contribution >= 0.6 is 11.6 Å². The van der Waals surface area contributed by atoms with Gasteiger partial charge in [-0.25, -0.2) is 0 Å². The molecule has 0 spiro atoms. The smallest absolute Gasteiger partial charge is 0.179 e. The maximum absolute atomic E-state index is 6.17. The van der Waals surface area contributed by atoms with Gasteiger partial charge in [0, 0.05) is 6.04 Å². The fourth-order valence-electron chi connectivity index (χ4n) is 1.60. The van der Waals surface area contributed by atoms with E-state index in [1.165, 1.54) is 0 Å². The second kappa shape index (κ2) is 6.72. The van der Waals surface area contributed by atoms with Crippen molar-refractivity contribution in [3.8, 4) is 11.5 Å².